The van der Waals surface area contributed by atoms with Gasteiger partial charge in [0.25, 0.3) is 0 Å². The summed E-state index contributed by atoms with van der Waals surface area (Å²) in [6.45, 7) is 0.816. The Morgan fingerprint density at radius 1 is 1.09 bits per heavy atom. The number of benzene rings is 2. The Morgan fingerprint density at radius 3 is 2.44 bits per heavy atom. The molecular formula is C27H30N2O4S. The van der Waals surface area contributed by atoms with Crippen molar-refractivity contribution in [1.82, 2.24) is 4.90 Å². The first-order chi connectivity index (χ1) is 16.4. The molecule has 3 N–H and O–H groups in total. The van der Waals surface area contributed by atoms with Gasteiger partial charge in [0.1, 0.15) is 5.75 Å². The van der Waals surface area contributed by atoms with Gasteiger partial charge in [0.15, 0.2) is 0 Å². The zero-order chi connectivity index (χ0) is 24.1. The van der Waals surface area contributed by atoms with E-state index in [0.717, 1.165) is 27.3 Å². The van der Waals surface area contributed by atoms with Gasteiger partial charge >= 0.3 is 5.97 Å². The third kappa shape index (κ3) is 5.32. The molecular weight excluding hydrogens is 448 g/mol. The number of nitrogens with two attached hydrogens (primary N) is 1. The van der Waals surface area contributed by atoms with Crippen LogP contribution in [0.5, 0.6) is 5.75 Å². The van der Waals surface area contributed by atoms with Gasteiger partial charge in [0.2, 0.25) is 5.91 Å². The van der Waals surface area contributed by atoms with E-state index in [4.69, 9.17) is 10.5 Å². The van der Waals surface area contributed by atoms with Crippen LogP contribution in [0.2, 0.25) is 0 Å². The van der Waals surface area contributed by atoms with Crippen molar-refractivity contribution in [3.63, 3.8) is 0 Å². The van der Waals surface area contributed by atoms with Crippen molar-refractivity contribution in [2.75, 3.05) is 20.2 Å². The standard InChI is InChI=1S/C27H30N2O4S/c1-33-22-5-2-4-21(16-22)20-9-7-19(8-10-20)18-27(26(31)32)11-13-29(14-12-27)25(30)24(28)17-23-6-3-15-34-23/h2-10,15-16,24H,11-14,17-18,28H2,1H3,(H,31,32)/t24-/m0/s1. The van der Waals surface area contributed by atoms with E-state index < -0.39 is 17.4 Å². The number of piperidine rings is 1. The molecule has 1 fully saturated rings. The van der Waals surface area contributed by atoms with Crippen molar-refractivity contribution in [2.45, 2.75) is 31.7 Å². The lowest BCUT2D eigenvalue weighted by Gasteiger charge is -2.39. The molecule has 0 unspecified atom stereocenters. The summed E-state index contributed by atoms with van der Waals surface area (Å²) in [6, 6.07) is 19.2. The van der Waals surface area contributed by atoms with Crippen LogP contribution in [0.15, 0.2) is 66.0 Å². The van der Waals surface area contributed by atoms with Gasteiger partial charge in [-0.05, 0) is 59.5 Å². The first-order valence-corrected chi connectivity index (χ1v) is 12.3. The number of thiophene rings is 1. The van der Waals surface area contributed by atoms with Gasteiger partial charge in [-0.2, -0.15) is 0 Å². The number of aliphatic carboxylic acids is 1. The number of rotatable bonds is 8. The second-order valence-corrected chi connectivity index (χ2v) is 9.94. The van der Waals surface area contributed by atoms with Crippen molar-refractivity contribution >= 4 is 23.2 Å². The highest BCUT2D eigenvalue weighted by atomic mass is 32.1. The third-order valence-electron chi connectivity index (χ3n) is 6.70. The van der Waals surface area contributed by atoms with E-state index in [2.05, 4.69) is 0 Å². The average molecular weight is 479 g/mol. The predicted molar refractivity (Wildman–Crippen MR) is 134 cm³/mol. The number of likely N-dealkylation sites (tertiary alicyclic amines) is 1. The largest absolute Gasteiger partial charge is 0.497 e. The fourth-order valence-electron chi connectivity index (χ4n) is 4.60. The highest BCUT2D eigenvalue weighted by molar-refractivity contribution is 7.09. The summed E-state index contributed by atoms with van der Waals surface area (Å²) in [6.07, 6.45) is 1.77. The van der Waals surface area contributed by atoms with Crippen molar-refractivity contribution in [3.05, 3.63) is 76.5 Å². The van der Waals surface area contributed by atoms with E-state index in [0.29, 0.717) is 38.8 Å². The van der Waals surface area contributed by atoms with E-state index in [9.17, 15) is 14.7 Å². The Labute approximate surface area is 204 Å². The maximum atomic E-state index is 12.8. The molecule has 34 heavy (non-hydrogen) atoms. The van der Waals surface area contributed by atoms with Crippen LogP contribution in [0.25, 0.3) is 11.1 Å². The maximum Gasteiger partial charge on any atom is 0.310 e. The molecule has 1 aromatic heterocycles. The minimum Gasteiger partial charge on any atom is -0.497 e. The van der Waals surface area contributed by atoms with E-state index >= 15 is 0 Å². The van der Waals surface area contributed by atoms with E-state index in [-0.39, 0.29) is 5.91 Å². The van der Waals surface area contributed by atoms with Crippen LogP contribution in [-0.4, -0.2) is 48.1 Å². The molecule has 0 radical (unpaired) electrons. The quantitative estimate of drug-likeness (QED) is 0.505. The van der Waals surface area contributed by atoms with Crippen molar-refractivity contribution < 1.29 is 19.4 Å². The predicted octanol–water partition coefficient (Wildman–Crippen LogP) is 4.23. The molecule has 0 saturated carbocycles. The molecule has 1 aliphatic heterocycles. The van der Waals surface area contributed by atoms with Gasteiger partial charge in [0.05, 0.1) is 18.6 Å². The van der Waals surface area contributed by atoms with Gasteiger partial charge in [0, 0.05) is 24.4 Å². The molecule has 2 aromatic carbocycles. The van der Waals surface area contributed by atoms with Crippen LogP contribution in [-0.2, 0) is 22.4 Å². The zero-order valence-electron chi connectivity index (χ0n) is 19.3. The van der Waals surface area contributed by atoms with Gasteiger partial charge < -0.3 is 20.5 Å². The molecule has 3 aromatic rings. The molecule has 0 aliphatic carbocycles. The fourth-order valence-corrected chi connectivity index (χ4v) is 5.36. The first kappa shape index (κ1) is 24.0. The molecule has 4 rings (SSSR count). The lowest BCUT2D eigenvalue weighted by Crippen LogP contribution is -2.52. The number of carboxylic acids is 1. The Bertz CT molecular complexity index is 1120. The van der Waals surface area contributed by atoms with E-state index in [1.54, 1.807) is 23.3 Å². The second kappa shape index (κ2) is 10.4. The molecule has 1 saturated heterocycles. The zero-order valence-corrected chi connectivity index (χ0v) is 20.1. The summed E-state index contributed by atoms with van der Waals surface area (Å²) in [5.41, 5.74) is 8.35. The van der Waals surface area contributed by atoms with Crippen LogP contribution in [0, 0.1) is 5.41 Å². The highest BCUT2D eigenvalue weighted by Gasteiger charge is 2.43. The average Bonchev–Trinajstić information content (AvgIpc) is 3.37. The van der Waals surface area contributed by atoms with Crippen molar-refractivity contribution in [2.24, 2.45) is 11.1 Å². The Hall–Kier alpha value is -3.16. The fraction of sp³-hybridized carbons (Fsp3) is 0.333. The molecule has 178 valence electrons. The number of carbonyl (C=O) groups is 2. The number of hydrogen-bond acceptors (Lipinski definition) is 5. The molecule has 1 aliphatic rings. The maximum absolute atomic E-state index is 12.8. The molecule has 1 amide bonds. The number of hydrogen-bond donors (Lipinski definition) is 2. The summed E-state index contributed by atoms with van der Waals surface area (Å²) < 4.78 is 5.31. The highest BCUT2D eigenvalue weighted by Crippen LogP contribution is 2.36. The van der Waals surface area contributed by atoms with Gasteiger partial charge in [-0.3, -0.25) is 9.59 Å². The Balaban J connectivity index is 1.40. The lowest BCUT2D eigenvalue weighted by molar-refractivity contribution is -0.154. The van der Waals surface area contributed by atoms with Crippen molar-refractivity contribution in [1.29, 1.82) is 0 Å². The summed E-state index contributed by atoms with van der Waals surface area (Å²) in [7, 11) is 1.64. The topological polar surface area (TPSA) is 92.9 Å². The minimum atomic E-state index is -0.883. The number of nitrogens with zero attached hydrogens (tertiary/aromatic N) is 1. The monoisotopic (exact) mass is 478 g/mol. The Morgan fingerprint density at radius 2 is 1.82 bits per heavy atom. The summed E-state index contributed by atoms with van der Waals surface area (Å²) in [5.74, 6) is -0.114. The van der Waals surface area contributed by atoms with Gasteiger partial charge in [-0.25, -0.2) is 0 Å². The SMILES string of the molecule is COc1cccc(-c2ccc(CC3(C(=O)O)CCN(C(=O)[C@@H](N)Cc4cccs4)CC3)cc2)c1. The van der Waals surface area contributed by atoms with Crippen LogP contribution in [0.4, 0.5) is 0 Å². The molecule has 7 heteroatoms. The number of amides is 1. The van der Waals surface area contributed by atoms with Crippen LogP contribution < -0.4 is 10.5 Å². The number of ether oxygens (including phenoxy) is 1. The van der Waals surface area contributed by atoms with Crippen LogP contribution >= 0.6 is 11.3 Å². The van der Waals surface area contributed by atoms with Gasteiger partial charge in [-0.1, -0.05) is 42.5 Å². The number of carbonyl (C=O) groups excluding carboxylic acids is 1. The lowest BCUT2D eigenvalue weighted by atomic mass is 9.73. The van der Waals surface area contributed by atoms with E-state index in [1.807, 2.05) is 66.0 Å². The molecule has 2 heterocycles. The molecule has 1 atom stereocenters. The van der Waals surface area contributed by atoms with Gasteiger partial charge in [-0.15, -0.1) is 11.3 Å². The second-order valence-electron chi connectivity index (χ2n) is 8.91. The Kier molecular flexibility index (Phi) is 7.34. The first-order valence-electron chi connectivity index (χ1n) is 11.4. The van der Waals surface area contributed by atoms with Crippen molar-refractivity contribution in [3.8, 4) is 16.9 Å². The minimum absolute atomic E-state index is 0.102. The number of methoxy groups -OCH3 is 1. The summed E-state index contributed by atoms with van der Waals surface area (Å²) >= 11 is 1.59. The summed E-state index contributed by atoms with van der Waals surface area (Å²) in [5, 5.41) is 12.1. The molecule has 0 bridgehead atoms. The third-order valence-corrected chi connectivity index (χ3v) is 7.60. The number of carboxylic acid groups (broad SMARTS) is 1. The smallest absolute Gasteiger partial charge is 0.310 e. The summed E-state index contributed by atoms with van der Waals surface area (Å²) in [4.78, 5) is 28.0. The van der Waals surface area contributed by atoms with E-state index in [1.165, 1.54) is 0 Å². The molecule has 6 nitrogen and oxygen atoms in total. The van der Waals surface area contributed by atoms with Crippen LogP contribution in [0.1, 0.15) is 23.3 Å². The molecule has 0 spiro atoms. The van der Waals surface area contributed by atoms with Crippen LogP contribution in [0.3, 0.4) is 0 Å². The normalized spacial score (nSPS) is 16.1.